The molecule has 2 heteroatoms. The van der Waals surface area contributed by atoms with Crippen molar-refractivity contribution in [2.45, 2.75) is 64.7 Å². The number of rotatable bonds is 9. The first kappa shape index (κ1) is 14.1. The van der Waals surface area contributed by atoms with Gasteiger partial charge in [-0.05, 0) is 18.6 Å². The van der Waals surface area contributed by atoms with Crippen molar-refractivity contribution >= 4 is 11.1 Å². The molecular weight excluding hydrogens is 234 g/mol. The number of hydrogen-bond donors (Lipinski definition) is 0. The van der Waals surface area contributed by atoms with Crippen LogP contribution in [0.25, 0.3) is 11.1 Å². The summed E-state index contributed by atoms with van der Waals surface area (Å²) >= 11 is 0. The van der Waals surface area contributed by atoms with E-state index in [0.717, 1.165) is 23.3 Å². The summed E-state index contributed by atoms with van der Waals surface area (Å²) in [6.07, 6.45) is 13.7. The molecule has 0 saturated carbocycles. The van der Waals surface area contributed by atoms with Gasteiger partial charge in [0, 0.05) is 18.7 Å². The van der Waals surface area contributed by atoms with Gasteiger partial charge in [0.2, 0.25) is 0 Å². The largest absolute Gasteiger partial charge is 0.459 e. The van der Waals surface area contributed by atoms with Gasteiger partial charge in [0.15, 0.2) is 5.58 Å². The molecule has 2 heterocycles. The molecular formula is C17H25NO. The maximum atomic E-state index is 5.77. The number of furan rings is 1. The van der Waals surface area contributed by atoms with Gasteiger partial charge < -0.3 is 4.42 Å². The third-order valence-corrected chi connectivity index (χ3v) is 3.62. The normalized spacial score (nSPS) is 11.2. The van der Waals surface area contributed by atoms with E-state index in [1.807, 2.05) is 18.3 Å². The van der Waals surface area contributed by atoms with Crippen LogP contribution in [0.5, 0.6) is 0 Å². The predicted molar refractivity (Wildman–Crippen MR) is 80.3 cm³/mol. The smallest absolute Gasteiger partial charge is 0.152 e. The zero-order chi connectivity index (χ0) is 13.3. The van der Waals surface area contributed by atoms with Gasteiger partial charge in [-0.2, -0.15) is 0 Å². The Morgan fingerprint density at radius 3 is 2.47 bits per heavy atom. The molecule has 2 nitrogen and oxygen atoms in total. The molecule has 0 spiro atoms. The fourth-order valence-corrected chi connectivity index (χ4v) is 2.48. The Labute approximate surface area is 116 Å². The molecule has 2 rings (SSSR count). The molecule has 2 aromatic rings. The molecule has 0 atom stereocenters. The topological polar surface area (TPSA) is 26.0 Å². The van der Waals surface area contributed by atoms with Gasteiger partial charge in [-0.15, -0.1) is 0 Å². The molecule has 0 radical (unpaired) electrons. The number of pyridine rings is 1. The number of aryl methyl sites for hydroxylation is 1. The number of nitrogens with zero attached hydrogens (tertiary/aromatic N) is 1. The SMILES string of the molecule is CCCCCCCCCCc1cc2ncccc2o1. The van der Waals surface area contributed by atoms with E-state index < -0.39 is 0 Å². The molecule has 2 aromatic heterocycles. The second-order valence-corrected chi connectivity index (χ2v) is 5.32. The molecule has 0 amide bonds. The van der Waals surface area contributed by atoms with Crippen LogP contribution in [-0.2, 0) is 6.42 Å². The third kappa shape index (κ3) is 4.70. The highest BCUT2D eigenvalue weighted by Gasteiger charge is 2.03. The van der Waals surface area contributed by atoms with Crippen molar-refractivity contribution in [3.05, 3.63) is 30.2 Å². The van der Waals surface area contributed by atoms with Crippen LogP contribution >= 0.6 is 0 Å². The van der Waals surface area contributed by atoms with E-state index in [1.54, 1.807) is 0 Å². The molecule has 0 N–H and O–H groups in total. The first-order chi connectivity index (χ1) is 9.40. The quantitative estimate of drug-likeness (QED) is 0.555. The van der Waals surface area contributed by atoms with E-state index in [1.165, 1.54) is 51.4 Å². The molecule has 0 fully saturated rings. The van der Waals surface area contributed by atoms with Gasteiger partial charge in [-0.25, -0.2) is 0 Å². The highest BCUT2D eigenvalue weighted by molar-refractivity contribution is 5.72. The molecule has 0 unspecified atom stereocenters. The molecule has 0 bridgehead atoms. The van der Waals surface area contributed by atoms with Crippen LogP contribution in [0.4, 0.5) is 0 Å². The number of hydrogen-bond acceptors (Lipinski definition) is 2. The summed E-state index contributed by atoms with van der Waals surface area (Å²) in [6.45, 7) is 2.27. The number of aromatic nitrogens is 1. The average Bonchev–Trinajstić information content (AvgIpc) is 2.84. The summed E-state index contributed by atoms with van der Waals surface area (Å²) in [4.78, 5) is 4.29. The zero-order valence-corrected chi connectivity index (χ0v) is 12.0. The fraction of sp³-hybridized carbons (Fsp3) is 0.588. The van der Waals surface area contributed by atoms with Crippen LogP contribution in [-0.4, -0.2) is 4.98 Å². The van der Waals surface area contributed by atoms with Crippen LogP contribution in [0, 0.1) is 0 Å². The predicted octanol–water partition coefficient (Wildman–Crippen LogP) is 5.51. The highest BCUT2D eigenvalue weighted by atomic mass is 16.3. The second-order valence-electron chi connectivity index (χ2n) is 5.32. The van der Waals surface area contributed by atoms with Crippen molar-refractivity contribution in [1.29, 1.82) is 0 Å². The van der Waals surface area contributed by atoms with E-state index >= 15 is 0 Å². The van der Waals surface area contributed by atoms with Crippen LogP contribution < -0.4 is 0 Å². The van der Waals surface area contributed by atoms with Gasteiger partial charge in [0.25, 0.3) is 0 Å². The summed E-state index contributed by atoms with van der Waals surface area (Å²) in [7, 11) is 0. The zero-order valence-electron chi connectivity index (χ0n) is 12.0. The van der Waals surface area contributed by atoms with E-state index in [2.05, 4.69) is 18.0 Å². The van der Waals surface area contributed by atoms with Crippen molar-refractivity contribution in [2.75, 3.05) is 0 Å². The molecule has 0 aliphatic heterocycles. The lowest BCUT2D eigenvalue weighted by molar-refractivity contribution is 0.518. The molecule has 0 saturated heterocycles. The maximum absolute atomic E-state index is 5.77. The van der Waals surface area contributed by atoms with E-state index in [9.17, 15) is 0 Å². The van der Waals surface area contributed by atoms with Crippen molar-refractivity contribution < 1.29 is 4.42 Å². The molecule has 0 aromatic carbocycles. The van der Waals surface area contributed by atoms with Crippen molar-refractivity contribution in [3.8, 4) is 0 Å². The van der Waals surface area contributed by atoms with Crippen LogP contribution in [0.3, 0.4) is 0 Å². The monoisotopic (exact) mass is 259 g/mol. The Morgan fingerprint density at radius 1 is 1.00 bits per heavy atom. The van der Waals surface area contributed by atoms with Gasteiger partial charge in [0.05, 0.1) is 0 Å². The van der Waals surface area contributed by atoms with Gasteiger partial charge >= 0.3 is 0 Å². The van der Waals surface area contributed by atoms with Crippen molar-refractivity contribution in [1.82, 2.24) is 4.98 Å². The highest BCUT2D eigenvalue weighted by Crippen LogP contribution is 2.18. The van der Waals surface area contributed by atoms with Crippen molar-refractivity contribution in [3.63, 3.8) is 0 Å². The first-order valence-corrected chi connectivity index (χ1v) is 7.73. The summed E-state index contributed by atoms with van der Waals surface area (Å²) < 4.78 is 5.77. The minimum atomic E-state index is 0.914. The Morgan fingerprint density at radius 2 is 1.74 bits per heavy atom. The van der Waals surface area contributed by atoms with Crippen LogP contribution in [0.2, 0.25) is 0 Å². The Bertz CT molecular complexity index is 442. The lowest BCUT2D eigenvalue weighted by Gasteiger charge is -2.00. The lowest BCUT2D eigenvalue weighted by atomic mass is 10.1. The second kappa shape index (κ2) is 7.98. The van der Waals surface area contributed by atoms with Gasteiger partial charge in [-0.1, -0.05) is 51.9 Å². The molecule has 19 heavy (non-hydrogen) atoms. The van der Waals surface area contributed by atoms with Crippen LogP contribution in [0.15, 0.2) is 28.8 Å². The molecule has 104 valence electrons. The first-order valence-electron chi connectivity index (χ1n) is 7.73. The van der Waals surface area contributed by atoms with Gasteiger partial charge in [0.1, 0.15) is 11.3 Å². The van der Waals surface area contributed by atoms with E-state index in [-0.39, 0.29) is 0 Å². The Kier molecular flexibility index (Phi) is 5.93. The maximum Gasteiger partial charge on any atom is 0.152 e. The standard InChI is InChI=1S/C17H25NO/c1-2-3-4-5-6-7-8-9-11-15-14-16-17(19-15)12-10-13-18-16/h10,12-14H,2-9,11H2,1H3. The molecule has 0 aliphatic carbocycles. The number of unbranched alkanes of at least 4 members (excludes halogenated alkanes) is 7. The summed E-state index contributed by atoms with van der Waals surface area (Å²) in [5.74, 6) is 1.08. The Balaban J connectivity index is 1.60. The third-order valence-electron chi connectivity index (χ3n) is 3.62. The van der Waals surface area contributed by atoms with Gasteiger partial charge in [-0.3, -0.25) is 4.98 Å². The summed E-state index contributed by atoms with van der Waals surface area (Å²) in [5.41, 5.74) is 1.90. The fourth-order valence-electron chi connectivity index (χ4n) is 2.48. The Hall–Kier alpha value is -1.31. The van der Waals surface area contributed by atoms with Crippen LogP contribution in [0.1, 0.15) is 64.1 Å². The van der Waals surface area contributed by atoms with E-state index in [0.29, 0.717) is 0 Å². The van der Waals surface area contributed by atoms with Crippen molar-refractivity contribution in [2.24, 2.45) is 0 Å². The molecule has 0 aliphatic rings. The minimum absolute atomic E-state index is 0.914. The van der Waals surface area contributed by atoms with E-state index in [4.69, 9.17) is 4.42 Å². The summed E-state index contributed by atoms with van der Waals surface area (Å²) in [6, 6.07) is 5.99. The average molecular weight is 259 g/mol. The lowest BCUT2D eigenvalue weighted by Crippen LogP contribution is -1.84. The summed E-state index contributed by atoms with van der Waals surface area (Å²) in [5, 5.41) is 0. The minimum Gasteiger partial charge on any atom is -0.459 e. The number of fused-ring (bicyclic) bond motifs is 1.